The summed E-state index contributed by atoms with van der Waals surface area (Å²) in [6.07, 6.45) is 0. The van der Waals surface area contributed by atoms with Crippen LogP contribution >= 0.6 is 23.1 Å². The minimum Gasteiger partial charge on any atom is -0.383 e. The monoisotopic (exact) mass is 266 g/mol. The topological polar surface area (TPSA) is 55.2 Å². The van der Waals surface area contributed by atoms with Gasteiger partial charge in [0.15, 0.2) is 0 Å². The lowest BCUT2D eigenvalue weighted by Crippen LogP contribution is -1.97. The van der Waals surface area contributed by atoms with Gasteiger partial charge in [0.25, 0.3) is 0 Å². The standard InChI is InChI=1S/C11H10N2O2S2/c1-12-8-4-2-5-9(11(8)13(14)15)17-10-6-3-7-16-10/h2-7,12H,1H3. The minimum absolute atomic E-state index is 0.133. The van der Waals surface area contributed by atoms with Crippen LogP contribution in [-0.2, 0) is 0 Å². The van der Waals surface area contributed by atoms with Gasteiger partial charge in [0, 0.05) is 7.05 Å². The summed E-state index contributed by atoms with van der Waals surface area (Å²) in [5.41, 5.74) is 0.671. The maximum Gasteiger partial charge on any atom is 0.306 e. The van der Waals surface area contributed by atoms with Crippen molar-refractivity contribution in [3.05, 3.63) is 45.8 Å². The molecule has 0 unspecified atom stereocenters. The molecule has 0 bridgehead atoms. The second-order valence-corrected chi connectivity index (χ2v) is 5.48. The zero-order valence-electron chi connectivity index (χ0n) is 9.04. The molecule has 2 rings (SSSR count). The van der Waals surface area contributed by atoms with Crippen molar-refractivity contribution in [2.45, 2.75) is 9.10 Å². The average Bonchev–Trinajstić information content (AvgIpc) is 2.81. The SMILES string of the molecule is CNc1cccc(Sc2cccs2)c1[N+](=O)[O-]. The summed E-state index contributed by atoms with van der Waals surface area (Å²) in [5, 5.41) is 15.9. The van der Waals surface area contributed by atoms with E-state index < -0.39 is 0 Å². The first-order valence-electron chi connectivity index (χ1n) is 4.89. The van der Waals surface area contributed by atoms with Gasteiger partial charge in [-0.1, -0.05) is 23.9 Å². The number of nitro benzene ring substituents is 1. The highest BCUT2D eigenvalue weighted by Gasteiger charge is 2.19. The first-order chi connectivity index (χ1) is 8.22. The lowest BCUT2D eigenvalue weighted by molar-refractivity contribution is -0.386. The molecule has 0 atom stereocenters. The van der Waals surface area contributed by atoms with E-state index in [0.29, 0.717) is 10.6 Å². The normalized spacial score (nSPS) is 10.2. The van der Waals surface area contributed by atoms with E-state index in [9.17, 15) is 10.1 Å². The van der Waals surface area contributed by atoms with E-state index in [0.717, 1.165) is 4.21 Å². The molecule has 0 aliphatic rings. The van der Waals surface area contributed by atoms with Crippen LogP contribution in [0.5, 0.6) is 0 Å². The van der Waals surface area contributed by atoms with Crippen LogP contribution in [0.2, 0.25) is 0 Å². The maximum atomic E-state index is 11.1. The van der Waals surface area contributed by atoms with Gasteiger partial charge < -0.3 is 5.32 Å². The predicted octanol–water partition coefficient (Wildman–Crippen LogP) is 3.85. The van der Waals surface area contributed by atoms with E-state index in [-0.39, 0.29) is 10.6 Å². The van der Waals surface area contributed by atoms with Crippen LogP contribution in [0.3, 0.4) is 0 Å². The Morgan fingerprint density at radius 2 is 2.18 bits per heavy atom. The zero-order chi connectivity index (χ0) is 12.3. The van der Waals surface area contributed by atoms with Crippen molar-refractivity contribution in [2.75, 3.05) is 12.4 Å². The van der Waals surface area contributed by atoms with Gasteiger partial charge in [-0.3, -0.25) is 10.1 Å². The van der Waals surface area contributed by atoms with E-state index in [1.807, 2.05) is 23.6 Å². The van der Waals surface area contributed by atoms with Crippen LogP contribution in [0.1, 0.15) is 0 Å². The first-order valence-corrected chi connectivity index (χ1v) is 6.58. The lowest BCUT2D eigenvalue weighted by Gasteiger charge is -2.05. The van der Waals surface area contributed by atoms with Gasteiger partial charge in [-0.25, -0.2) is 0 Å². The fourth-order valence-electron chi connectivity index (χ4n) is 1.42. The predicted molar refractivity (Wildman–Crippen MR) is 71.1 cm³/mol. The van der Waals surface area contributed by atoms with E-state index in [1.54, 1.807) is 30.5 Å². The Kier molecular flexibility index (Phi) is 3.65. The number of anilines is 1. The third kappa shape index (κ3) is 2.59. The second kappa shape index (κ2) is 5.20. The van der Waals surface area contributed by atoms with Gasteiger partial charge in [0.05, 0.1) is 14.0 Å². The van der Waals surface area contributed by atoms with Gasteiger partial charge in [-0.15, -0.1) is 11.3 Å². The molecule has 0 fully saturated rings. The van der Waals surface area contributed by atoms with Gasteiger partial charge in [0.1, 0.15) is 5.69 Å². The maximum absolute atomic E-state index is 11.1. The summed E-state index contributed by atoms with van der Waals surface area (Å²) in [6, 6.07) is 9.17. The molecule has 6 heteroatoms. The van der Waals surface area contributed by atoms with E-state index in [2.05, 4.69) is 5.32 Å². The third-order valence-electron chi connectivity index (χ3n) is 2.16. The van der Waals surface area contributed by atoms with Crippen molar-refractivity contribution >= 4 is 34.5 Å². The van der Waals surface area contributed by atoms with Crippen molar-refractivity contribution in [1.29, 1.82) is 0 Å². The number of thiophene rings is 1. The van der Waals surface area contributed by atoms with Crippen LogP contribution in [-0.4, -0.2) is 12.0 Å². The summed E-state index contributed by atoms with van der Waals surface area (Å²) in [7, 11) is 1.68. The Labute approximate surface area is 107 Å². The fraction of sp³-hybridized carbons (Fsp3) is 0.0909. The van der Waals surface area contributed by atoms with E-state index >= 15 is 0 Å². The molecule has 17 heavy (non-hydrogen) atoms. The second-order valence-electron chi connectivity index (χ2n) is 3.19. The molecular formula is C11H10N2O2S2. The van der Waals surface area contributed by atoms with E-state index in [4.69, 9.17) is 0 Å². The van der Waals surface area contributed by atoms with Gasteiger partial charge in [-0.2, -0.15) is 0 Å². The average molecular weight is 266 g/mol. The van der Waals surface area contributed by atoms with Crippen LogP contribution in [0, 0.1) is 10.1 Å². The Hall–Kier alpha value is -1.53. The zero-order valence-corrected chi connectivity index (χ0v) is 10.7. The Morgan fingerprint density at radius 1 is 1.35 bits per heavy atom. The lowest BCUT2D eigenvalue weighted by atomic mass is 10.3. The van der Waals surface area contributed by atoms with Gasteiger partial charge in [0.2, 0.25) is 0 Å². The third-order valence-corrected chi connectivity index (χ3v) is 4.24. The summed E-state index contributed by atoms with van der Waals surface area (Å²) >= 11 is 2.99. The van der Waals surface area contributed by atoms with Crippen LogP contribution in [0.15, 0.2) is 44.8 Å². The highest BCUT2D eigenvalue weighted by atomic mass is 32.2. The van der Waals surface area contributed by atoms with Crippen molar-refractivity contribution in [3.8, 4) is 0 Å². The molecule has 0 aliphatic heterocycles. The van der Waals surface area contributed by atoms with Gasteiger partial charge in [-0.05, 0) is 23.6 Å². The highest BCUT2D eigenvalue weighted by molar-refractivity contribution is 8.01. The number of para-hydroxylation sites is 1. The molecule has 0 amide bonds. The molecular weight excluding hydrogens is 256 g/mol. The quantitative estimate of drug-likeness (QED) is 0.674. The number of nitro groups is 1. The Bertz CT molecular complexity index is 526. The number of nitrogens with one attached hydrogen (secondary N) is 1. The molecule has 0 saturated heterocycles. The molecule has 0 saturated carbocycles. The first kappa shape index (κ1) is 11.9. The van der Waals surface area contributed by atoms with Gasteiger partial charge >= 0.3 is 5.69 Å². The summed E-state index contributed by atoms with van der Waals surface area (Å²) in [4.78, 5) is 11.4. The van der Waals surface area contributed by atoms with Crippen molar-refractivity contribution in [3.63, 3.8) is 0 Å². The minimum atomic E-state index is -0.345. The largest absolute Gasteiger partial charge is 0.383 e. The van der Waals surface area contributed by atoms with Crippen LogP contribution in [0.4, 0.5) is 11.4 Å². The molecule has 1 N–H and O–H groups in total. The van der Waals surface area contributed by atoms with Crippen LogP contribution in [0.25, 0.3) is 0 Å². The molecule has 0 aliphatic carbocycles. The molecule has 1 aromatic heterocycles. The smallest absolute Gasteiger partial charge is 0.306 e. The Balaban J connectivity index is 2.42. The Morgan fingerprint density at radius 3 is 2.76 bits per heavy atom. The summed E-state index contributed by atoms with van der Waals surface area (Å²) < 4.78 is 1.04. The highest BCUT2D eigenvalue weighted by Crippen LogP contribution is 2.40. The number of hydrogen-bond acceptors (Lipinski definition) is 5. The fourth-order valence-corrected chi connectivity index (χ4v) is 3.29. The molecule has 0 radical (unpaired) electrons. The number of nitrogens with zero attached hydrogens (tertiary/aromatic N) is 1. The molecule has 88 valence electrons. The number of hydrogen-bond donors (Lipinski definition) is 1. The molecule has 1 heterocycles. The molecule has 4 nitrogen and oxygen atoms in total. The number of rotatable bonds is 4. The van der Waals surface area contributed by atoms with Crippen molar-refractivity contribution in [2.24, 2.45) is 0 Å². The summed E-state index contributed by atoms with van der Waals surface area (Å²) in [5.74, 6) is 0. The van der Waals surface area contributed by atoms with Crippen molar-refractivity contribution in [1.82, 2.24) is 0 Å². The summed E-state index contributed by atoms with van der Waals surface area (Å²) in [6.45, 7) is 0. The number of benzene rings is 1. The molecule has 1 aromatic carbocycles. The van der Waals surface area contributed by atoms with Crippen LogP contribution < -0.4 is 5.32 Å². The van der Waals surface area contributed by atoms with E-state index in [1.165, 1.54) is 11.8 Å². The molecule has 2 aromatic rings. The van der Waals surface area contributed by atoms with Crippen molar-refractivity contribution < 1.29 is 4.92 Å². The molecule has 0 spiro atoms.